The van der Waals surface area contributed by atoms with Gasteiger partial charge < -0.3 is 4.74 Å². The average Bonchev–Trinajstić information content (AvgIpc) is 2.47. The van der Waals surface area contributed by atoms with Crippen molar-refractivity contribution in [3.05, 3.63) is 58.6 Å². The summed E-state index contributed by atoms with van der Waals surface area (Å²) in [7, 11) is 0. The number of ether oxygens (including phenoxy) is 1. The van der Waals surface area contributed by atoms with E-state index in [0.717, 1.165) is 15.6 Å². The highest BCUT2D eigenvalue weighted by molar-refractivity contribution is 9.10. The Morgan fingerprint density at radius 3 is 2.30 bits per heavy atom. The molecule has 0 atom stereocenters. The molecule has 0 unspecified atom stereocenters. The van der Waals surface area contributed by atoms with Crippen LogP contribution in [0.3, 0.4) is 0 Å². The Labute approximate surface area is 125 Å². The molecule has 0 heterocycles. The van der Waals surface area contributed by atoms with Crippen LogP contribution in [0.1, 0.15) is 17.3 Å². The lowest BCUT2D eigenvalue weighted by atomic mass is 10.0. The highest BCUT2D eigenvalue weighted by Crippen LogP contribution is 2.27. The molecule has 0 fully saturated rings. The molecule has 2 rings (SSSR count). The highest BCUT2D eigenvalue weighted by Gasteiger charge is 2.17. The van der Waals surface area contributed by atoms with Crippen molar-refractivity contribution >= 4 is 27.7 Å². The van der Waals surface area contributed by atoms with E-state index in [0.29, 0.717) is 5.56 Å². The molecule has 2 aromatic rings. The maximum atomic E-state index is 11.8. The summed E-state index contributed by atoms with van der Waals surface area (Å²) in [6.07, 6.45) is 0. The van der Waals surface area contributed by atoms with Gasteiger partial charge in [-0.1, -0.05) is 58.4 Å². The summed E-state index contributed by atoms with van der Waals surface area (Å²) in [5, 5.41) is 0. The van der Waals surface area contributed by atoms with Gasteiger partial charge in [0.1, 0.15) is 0 Å². The topological polar surface area (TPSA) is 43.4 Å². The Kier molecular flexibility index (Phi) is 4.69. The summed E-state index contributed by atoms with van der Waals surface area (Å²) in [6, 6.07) is 14.7. The second kappa shape index (κ2) is 6.48. The van der Waals surface area contributed by atoms with Crippen LogP contribution >= 0.6 is 15.9 Å². The molecular weight excluding hydrogens is 320 g/mol. The summed E-state index contributed by atoms with van der Waals surface area (Å²) in [4.78, 5) is 23.1. The van der Waals surface area contributed by atoms with Crippen molar-refractivity contribution in [3.63, 3.8) is 0 Å². The van der Waals surface area contributed by atoms with Crippen molar-refractivity contribution < 1.29 is 14.3 Å². The van der Waals surface area contributed by atoms with E-state index in [1.165, 1.54) is 0 Å². The predicted octanol–water partition coefficient (Wildman–Crippen LogP) is 3.86. The van der Waals surface area contributed by atoms with Crippen LogP contribution in [-0.2, 0) is 9.53 Å². The minimum atomic E-state index is -0.818. The third-order valence-corrected chi connectivity index (χ3v) is 3.48. The van der Waals surface area contributed by atoms with Gasteiger partial charge in [-0.3, -0.25) is 4.79 Å². The van der Waals surface area contributed by atoms with Gasteiger partial charge in [-0.2, -0.15) is 0 Å². The Morgan fingerprint density at radius 1 is 1.05 bits per heavy atom. The molecule has 102 valence electrons. The van der Waals surface area contributed by atoms with E-state index in [1.807, 2.05) is 36.4 Å². The molecule has 0 spiro atoms. The second-order valence-electron chi connectivity index (χ2n) is 4.11. The first-order chi connectivity index (χ1) is 9.63. The van der Waals surface area contributed by atoms with E-state index in [2.05, 4.69) is 15.9 Å². The van der Waals surface area contributed by atoms with E-state index >= 15 is 0 Å². The third-order valence-electron chi connectivity index (χ3n) is 2.79. The van der Waals surface area contributed by atoms with Gasteiger partial charge in [0.15, 0.2) is 0 Å². The van der Waals surface area contributed by atoms with Crippen LogP contribution in [0.25, 0.3) is 11.1 Å². The SMILES string of the molecule is CCOC(=O)C(=O)c1ccc(-c2ccccc2Br)cc1. The number of ketones is 1. The van der Waals surface area contributed by atoms with Crippen molar-refractivity contribution in [2.75, 3.05) is 6.61 Å². The van der Waals surface area contributed by atoms with E-state index in [-0.39, 0.29) is 6.61 Å². The van der Waals surface area contributed by atoms with Crippen molar-refractivity contribution in [2.45, 2.75) is 6.92 Å². The zero-order valence-corrected chi connectivity index (χ0v) is 12.5. The van der Waals surface area contributed by atoms with Gasteiger partial charge in [0.2, 0.25) is 0 Å². The number of halogens is 1. The molecular formula is C16H13BrO3. The maximum absolute atomic E-state index is 11.8. The molecule has 0 aliphatic carbocycles. The number of carbonyl (C=O) groups excluding carboxylic acids is 2. The molecule has 0 saturated carbocycles. The van der Waals surface area contributed by atoms with E-state index in [1.54, 1.807) is 19.1 Å². The minimum absolute atomic E-state index is 0.194. The Morgan fingerprint density at radius 2 is 1.70 bits per heavy atom. The molecule has 0 amide bonds. The molecule has 4 heteroatoms. The molecule has 20 heavy (non-hydrogen) atoms. The molecule has 0 radical (unpaired) electrons. The van der Waals surface area contributed by atoms with E-state index in [9.17, 15) is 9.59 Å². The minimum Gasteiger partial charge on any atom is -0.460 e. The number of esters is 1. The van der Waals surface area contributed by atoms with Crippen LogP contribution in [0.2, 0.25) is 0 Å². The van der Waals surface area contributed by atoms with E-state index < -0.39 is 11.8 Å². The maximum Gasteiger partial charge on any atom is 0.379 e. The van der Waals surface area contributed by atoms with Crippen LogP contribution in [0.15, 0.2) is 53.0 Å². The molecule has 0 saturated heterocycles. The fraction of sp³-hybridized carbons (Fsp3) is 0.125. The molecule has 0 aromatic heterocycles. The van der Waals surface area contributed by atoms with Gasteiger partial charge in [0, 0.05) is 10.0 Å². The third kappa shape index (κ3) is 3.14. The number of hydrogen-bond donors (Lipinski definition) is 0. The first-order valence-corrected chi connectivity index (χ1v) is 6.99. The molecule has 0 bridgehead atoms. The number of benzene rings is 2. The zero-order chi connectivity index (χ0) is 14.5. The van der Waals surface area contributed by atoms with Crippen molar-refractivity contribution in [2.24, 2.45) is 0 Å². The van der Waals surface area contributed by atoms with Crippen LogP contribution in [0.5, 0.6) is 0 Å². The summed E-state index contributed by atoms with van der Waals surface area (Å²) >= 11 is 3.48. The number of carbonyl (C=O) groups is 2. The zero-order valence-electron chi connectivity index (χ0n) is 10.9. The fourth-order valence-electron chi connectivity index (χ4n) is 1.81. The van der Waals surface area contributed by atoms with Crippen LogP contribution < -0.4 is 0 Å². The Balaban J connectivity index is 2.25. The van der Waals surface area contributed by atoms with Gasteiger partial charge in [-0.15, -0.1) is 0 Å². The van der Waals surface area contributed by atoms with Crippen LogP contribution in [0, 0.1) is 0 Å². The first-order valence-electron chi connectivity index (χ1n) is 6.20. The summed E-state index contributed by atoms with van der Waals surface area (Å²) < 4.78 is 5.67. The van der Waals surface area contributed by atoms with Crippen molar-refractivity contribution in [3.8, 4) is 11.1 Å². The largest absolute Gasteiger partial charge is 0.460 e. The fourth-order valence-corrected chi connectivity index (χ4v) is 2.32. The normalized spacial score (nSPS) is 10.1. The highest BCUT2D eigenvalue weighted by atomic mass is 79.9. The van der Waals surface area contributed by atoms with Crippen LogP contribution in [0.4, 0.5) is 0 Å². The molecule has 0 aliphatic heterocycles. The van der Waals surface area contributed by atoms with Gasteiger partial charge >= 0.3 is 5.97 Å². The molecule has 2 aromatic carbocycles. The molecule has 3 nitrogen and oxygen atoms in total. The lowest BCUT2D eigenvalue weighted by Crippen LogP contribution is -2.17. The van der Waals surface area contributed by atoms with Crippen molar-refractivity contribution in [1.29, 1.82) is 0 Å². The summed E-state index contributed by atoms with van der Waals surface area (Å²) in [5.74, 6) is -1.44. The van der Waals surface area contributed by atoms with Crippen molar-refractivity contribution in [1.82, 2.24) is 0 Å². The number of Topliss-reactive ketones (excluding diaryl/α,β-unsaturated/α-hetero) is 1. The number of rotatable bonds is 4. The smallest absolute Gasteiger partial charge is 0.379 e. The van der Waals surface area contributed by atoms with Gasteiger partial charge in [0.05, 0.1) is 6.61 Å². The second-order valence-corrected chi connectivity index (χ2v) is 4.96. The lowest BCUT2D eigenvalue weighted by molar-refractivity contribution is -0.137. The Bertz CT molecular complexity index is 632. The average molecular weight is 333 g/mol. The summed E-state index contributed by atoms with van der Waals surface area (Å²) in [5.41, 5.74) is 2.33. The molecule has 0 N–H and O–H groups in total. The standard InChI is InChI=1S/C16H13BrO3/c1-2-20-16(19)15(18)12-9-7-11(8-10-12)13-5-3-4-6-14(13)17/h3-10H,2H2,1H3. The van der Waals surface area contributed by atoms with Gasteiger partial charge in [-0.25, -0.2) is 4.79 Å². The monoisotopic (exact) mass is 332 g/mol. The van der Waals surface area contributed by atoms with Crippen LogP contribution in [-0.4, -0.2) is 18.4 Å². The number of hydrogen-bond acceptors (Lipinski definition) is 3. The lowest BCUT2D eigenvalue weighted by Gasteiger charge is -2.06. The predicted molar refractivity (Wildman–Crippen MR) is 80.5 cm³/mol. The quantitative estimate of drug-likeness (QED) is 0.485. The van der Waals surface area contributed by atoms with E-state index in [4.69, 9.17) is 4.74 Å². The summed E-state index contributed by atoms with van der Waals surface area (Å²) in [6.45, 7) is 1.86. The van der Waals surface area contributed by atoms with Gasteiger partial charge in [0.25, 0.3) is 5.78 Å². The Hall–Kier alpha value is -1.94. The first kappa shape index (κ1) is 14.5. The molecule has 0 aliphatic rings. The van der Waals surface area contributed by atoms with Gasteiger partial charge in [-0.05, 0) is 24.1 Å².